The Morgan fingerprint density at radius 1 is 1.14 bits per heavy atom. The Bertz CT molecular complexity index is 306. The molecular weight excluding hydrogens is 286 g/mol. The highest BCUT2D eigenvalue weighted by Gasteiger charge is 2.26. The molecule has 2 fully saturated rings. The van der Waals surface area contributed by atoms with Crippen molar-refractivity contribution in [2.75, 3.05) is 39.3 Å². The molecule has 0 bridgehead atoms. The lowest BCUT2D eigenvalue weighted by Gasteiger charge is -2.37. The van der Waals surface area contributed by atoms with E-state index in [0.29, 0.717) is 18.5 Å². The van der Waals surface area contributed by atoms with Gasteiger partial charge in [0, 0.05) is 12.6 Å². The third kappa shape index (κ3) is 5.76. The summed E-state index contributed by atoms with van der Waals surface area (Å²) in [4.78, 5) is 16.9. The first kappa shape index (κ1) is 18.7. The van der Waals surface area contributed by atoms with Crippen molar-refractivity contribution in [2.24, 2.45) is 5.92 Å². The second-order valence-corrected chi connectivity index (χ2v) is 6.46. The topological polar surface area (TPSA) is 35.6 Å². The van der Waals surface area contributed by atoms with E-state index in [0.717, 1.165) is 38.6 Å². The summed E-state index contributed by atoms with van der Waals surface area (Å²) in [6, 6.07) is 0.447. The average Bonchev–Trinajstić information content (AvgIpc) is 2.47. The van der Waals surface area contributed by atoms with Gasteiger partial charge in [-0.25, -0.2) is 0 Å². The SMILES string of the molecule is CCNCC1CCN(CC(=O)N2CCCCC2C)CC1.Cl. The number of nitrogens with one attached hydrogen (secondary N) is 1. The summed E-state index contributed by atoms with van der Waals surface area (Å²) in [5, 5.41) is 3.44. The fourth-order valence-corrected chi connectivity index (χ4v) is 3.45. The van der Waals surface area contributed by atoms with E-state index in [1.54, 1.807) is 0 Å². The van der Waals surface area contributed by atoms with E-state index in [1.165, 1.54) is 32.1 Å². The first-order valence-corrected chi connectivity index (χ1v) is 8.43. The van der Waals surface area contributed by atoms with Gasteiger partial charge >= 0.3 is 0 Å². The highest BCUT2D eigenvalue weighted by atomic mass is 35.5. The fourth-order valence-electron chi connectivity index (χ4n) is 3.45. The van der Waals surface area contributed by atoms with Crippen molar-refractivity contribution in [3.05, 3.63) is 0 Å². The zero-order valence-corrected chi connectivity index (χ0v) is 14.5. The van der Waals surface area contributed by atoms with Gasteiger partial charge in [-0.1, -0.05) is 6.92 Å². The van der Waals surface area contributed by atoms with Crippen molar-refractivity contribution in [2.45, 2.75) is 52.0 Å². The van der Waals surface area contributed by atoms with Gasteiger partial charge < -0.3 is 10.2 Å². The van der Waals surface area contributed by atoms with Gasteiger partial charge in [0.2, 0.25) is 5.91 Å². The zero-order chi connectivity index (χ0) is 14.4. The minimum Gasteiger partial charge on any atom is -0.339 e. The van der Waals surface area contributed by atoms with Crippen molar-refractivity contribution >= 4 is 18.3 Å². The second kappa shape index (κ2) is 9.65. The molecule has 0 spiro atoms. The lowest BCUT2D eigenvalue weighted by molar-refractivity contribution is -0.136. The van der Waals surface area contributed by atoms with Crippen molar-refractivity contribution in [1.29, 1.82) is 0 Å². The lowest BCUT2D eigenvalue weighted by Crippen LogP contribution is -2.48. The van der Waals surface area contributed by atoms with Crippen LogP contribution in [-0.4, -0.2) is 61.0 Å². The Morgan fingerprint density at radius 2 is 1.86 bits per heavy atom. The van der Waals surface area contributed by atoms with E-state index in [9.17, 15) is 4.79 Å². The van der Waals surface area contributed by atoms with Crippen LogP contribution in [0, 0.1) is 5.92 Å². The molecule has 2 aliphatic heterocycles. The largest absolute Gasteiger partial charge is 0.339 e. The molecule has 1 unspecified atom stereocenters. The molecule has 2 heterocycles. The molecule has 124 valence electrons. The predicted molar refractivity (Wildman–Crippen MR) is 90.0 cm³/mol. The van der Waals surface area contributed by atoms with Crippen molar-refractivity contribution in [3.63, 3.8) is 0 Å². The summed E-state index contributed by atoms with van der Waals surface area (Å²) in [5.74, 6) is 1.15. The standard InChI is InChI=1S/C16H31N3O.ClH/c1-3-17-12-15-7-10-18(11-8-15)13-16(20)19-9-5-4-6-14(19)2;/h14-15,17H,3-13H2,1-2H3;1H. The summed E-state index contributed by atoms with van der Waals surface area (Å²) in [5.41, 5.74) is 0. The molecule has 0 aromatic heterocycles. The summed E-state index contributed by atoms with van der Waals surface area (Å²) >= 11 is 0. The maximum atomic E-state index is 12.4. The third-order valence-electron chi connectivity index (χ3n) is 4.87. The van der Waals surface area contributed by atoms with E-state index in [4.69, 9.17) is 0 Å². The molecule has 0 aromatic rings. The smallest absolute Gasteiger partial charge is 0.236 e. The van der Waals surface area contributed by atoms with Crippen LogP contribution in [0.3, 0.4) is 0 Å². The Hall–Kier alpha value is -0.320. The van der Waals surface area contributed by atoms with Gasteiger partial charge in [-0.3, -0.25) is 9.69 Å². The van der Waals surface area contributed by atoms with Gasteiger partial charge in [0.05, 0.1) is 6.54 Å². The number of amides is 1. The number of carbonyl (C=O) groups is 1. The number of likely N-dealkylation sites (tertiary alicyclic amines) is 2. The van der Waals surface area contributed by atoms with Crippen molar-refractivity contribution in [1.82, 2.24) is 15.1 Å². The Labute approximate surface area is 136 Å². The molecule has 21 heavy (non-hydrogen) atoms. The van der Waals surface area contributed by atoms with Gasteiger partial charge in [-0.15, -0.1) is 12.4 Å². The summed E-state index contributed by atoms with van der Waals surface area (Å²) in [6.07, 6.45) is 6.10. The van der Waals surface area contributed by atoms with Gasteiger partial charge in [-0.05, 0) is 71.1 Å². The number of rotatable bonds is 5. The predicted octanol–water partition coefficient (Wildman–Crippen LogP) is 2.13. The zero-order valence-electron chi connectivity index (χ0n) is 13.6. The van der Waals surface area contributed by atoms with Crippen LogP contribution < -0.4 is 5.32 Å². The normalized spacial score (nSPS) is 24.7. The number of hydrogen-bond donors (Lipinski definition) is 1. The van der Waals surface area contributed by atoms with Crippen LogP contribution in [0.5, 0.6) is 0 Å². The molecule has 2 saturated heterocycles. The minimum absolute atomic E-state index is 0. The molecule has 1 N–H and O–H groups in total. The minimum atomic E-state index is 0. The molecule has 0 aromatic carbocycles. The van der Waals surface area contributed by atoms with Crippen LogP contribution in [0.1, 0.15) is 46.0 Å². The summed E-state index contributed by atoms with van der Waals surface area (Å²) in [6.45, 7) is 10.3. The highest BCUT2D eigenvalue weighted by Crippen LogP contribution is 2.19. The number of nitrogens with zero attached hydrogens (tertiary/aromatic N) is 2. The van der Waals surface area contributed by atoms with E-state index in [2.05, 4.69) is 29.0 Å². The van der Waals surface area contributed by atoms with Crippen LogP contribution in [0.4, 0.5) is 0 Å². The van der Waals surface area contributed by atoms with E-state index < -0.39 is 0 Å². The molecule has 0 saturated carbocycles. The molecule has 0 aliphatic carbocycles. The maximum Gasteiger partial charge on any atom is 0.236 e. The molecule has 1 atom stereocenters. The molecule has 2 rings (SSSR count). The summed E-state index contributed by atoms with van der Waals surface area (Å²) < 4.78 is 0. The molecule has 2 aliphatic rings. The van der Waals surface area contributed by atoms with Gasteiger partial charge in [-0.2, -0.15) is 0 Å². The van der Waals surface area contributed by atoms with Crippen LogP contribution in [0.2, 0.25) is 0 Å². The number of carbonyl (C=O) groups excluding carboxylic acids is 1. The first-order chi connectivity index (χ1) is 9.70. The number of hydrogen-bond acceptors (Lipinski definition) is 3. The Balaban J connectivity index is 0.00000220. The summed E-state index contributed by atoms with van der Waals surface area (Å²) in [7, 11) is 0. The van der Waals surface area contributed by atoms with E-state index >= 15 is 0 Å². The van der Waals surface area contributed by atoms with E-state index in [-0.39, 0.29) is 12.4 Å². The van der Waals surface area contributed by atoms with Crippen LogP contribution in [-0.2, 0) is 4.79 Å². The average molecular weight is 318 g/mol. The van der Waals surface area contributed by atoms with Crippen LogP contribution in [0.25, 0.3) is 0 Å². The Morgan fingerprint density at radius 3 is 2.48 bits per heavy atom. The van der Waals surface area contributed by atoms with Gasteiger partial charge in [0.25, 0.3) is 0 Å². The van der Waals surface area contributed by atoms with E-state index in [1.807, 2.05) is 0 Å². The quantitative estimate of drug-likeness (QED) is 0.844. The maximum absolute atomic E-state index is 12.4. The van der Waals surface area contributed by atoms with Crippen molar-refractivity contribution < 1.29 is 4.79 Å². The highest BCUT2D eigenvalue weighted by molar-refractivity contribution is 5.85. The monoisotopic (exact) mass is 317 g/mol. The Kier molecular flexibility index (Phi) is 8.60. The van der Waals surface area contributed by atoms with Crippen molar-refractivity contribution in [3.8, 4) is 0 Å². The number of halogens is 1. The molecule has 4 nitrogen and oxygen atoms in total. The fraction of sp³-hybridized carbons (Fsp3) is 0.938. The molecule has 5 heteroatoms. The number of piperidine rings is 2. The van der Waals surface area contributed by atoms with Gasteiger partial charge in [0.15, 0.2) is 0 Å². The first-order valence-electron chi connectivity index (χ1n) is 8.43. The molecular formula is C16H32ClN3O. The third-order valence-corrected chi connectivity index (χ3v) is 4.87. The second-order valence-electron chi connectivity index (χ2n) is 6.46. The van der Waals surface area contributed by atoms with Crippen LogP contribution in [0.15, 0.2) is 0 Å². The van der Waals surface area contributed by atoms with Gasteiger partial charge in [0.1, 0.15) is 0 Å². The lowest BCUT2D eigenvalue weighted by atomic mass is 9.96. The molecule has 1 amide bonds. The molecule has 0 radical (unpaired) electrons. The van der Waals surface area contributed by atoms with Crippen LogP contribution >= 0.6 is 12.4 Å².